The summed E-state index contributed by atoms with van der Waals surface area (Å²) >= 11 is 7.12. The summed E-state index contributed by atoms with van der Waals surface area (Å²) in [4.78, 5) is 17.5. The van der Waals surface area contributed by atoms with Gasteiger partial charge in [-0.05, 0) is 55.0 Å². The predicted molar refractivity (Wildman–Crippen MR) is 118 cm³/mol. The first kappa shape index (κ1) is 20.4. The van der Waals surface area contributed by atoms with Crippen molar-refractivity contribution in [2.45, 2.75) is 6.92 Å². The van der Waals surface area contributed by atoms with Gasteiger partial charge in [0.1, 0.15) is 29.6 Å². The van der Waals surface area contributed by atoms with Gasteiger partial charge in [-0.1, -0.05) is 29.4 Å². The molecule has 2 aromatic carbocycles. The summed E-state index contributed by atoms with van der Waals surface area (Å²) in [5, 5.41) is 11.7. The van der Waals surface area contributed by atoms with Gasteiger partial charge < -0.3 is 19.3 Å². The molecule has 4 rings (SSSR count). The quantitative estimate of drug-likeness (QED) is 0.646. The van der Waals surface area contributed by atoms with E-state index in [0.717, 1.165) is 5.56 Å². The smallest absolute Gasteiger partial charge is 0.344 e. The Kier molecular flexibility index (Phi) is 6.01. The van der Waals surface area contributed by atoms with Crippen molar-refractivity contribution in [2.24, 2.45) is 4.99 Å². The van der Waals surface area contributed by atoms with Crippen LogP contribution in [0.3, 0.4) is 0 Å². The van der Waals surface area contributed by atoms with Crippen molar-refractivity contribution in [3.05, 3.63) is 69.3 Å². The second-order valence-electron chi connectivity index (χ2n) is 6.35. The third-order valence-corrected chi connectivity index (χ3v) is 5.56. The van der Waals surface area contributed by atoms with Gasteiger partial charge in [0.15, 0.2) is 11.5 Å². The Morgan fingerprint density at radius 3 is 2.67 bits per heavy atom. The Hall–Kier alpha value is -2.90. The van der Waals surface area contributed by atoms with Crippen molar-refractivity contribution in [1.29, 1.82) is 0 Å². The molecule has 0 bridgehead atoms. The number of hydrogen-bond acceptors (Lipinski definition) is 7. The van der Waals surface area contributed by atoms with Gasteiger partial charge in [0.2, 0.25) is 0 Å². The molecule has 2 heterocycles. The second-order valence-corrected chi connectivity index (χ2v) is 7.82. The molecule has 0 amide bonds. The highest BCUT2D eigenvalue weighted by molar-refractivity contribution is 8.18. The molecule has 30 heavy (non-hydrogen) atoms. The van der Waals surface area contributed by atoms with Crippen LogP contribution in [0.4, 0.5) is 5.69 Å². The second kappa shape index (κ2) is 8.85. The maximum atomic E-state index is 12.5. The summed E-state index contributed by atoms with van der Waals surface area (Å²) < 4.78 is 16.3. The van der Waals surface area contributed by atoms with Crippen LogP contribution in [0.5, 0.6) is 11.5 Å². The maximum absolute atomic E-state index is 12.5. The molecule has 1 N–H and O–H groups in total. The molecule has 2 aliphatic heterocycles. The van der Waals surface area contributed by atoms with Gasteiger partial charge >= 0.3 is 5.97 Å². The number of esters is 1. The van der Waals surface area contributed by atoms with Crippen molar-refractivity contribution in [3.8, 4) is 11.5 Å². The van der Waals surface area contributed by atoms with E-state index in [1.54, 1.807) is 37.3 Å². The first-order valence-corrected chi connectivity index (χ1v) is 10.5. The van der Waals surface area contributed by atoms with Gasteiger partial charge in [0.05, 0.1) is 17.2 Å². The molecule has 2 aromatic rings. The number of halogens is 1. The van der Waals surface area contributed by atoms with Crippen LogP contribution in [-0.4, -0.2) is 35.9 Å². The fraction of sp³-hybridized carbons (Fsp3) is 0.182. The number of ether oxygens (including phenoxy) is 3. The van der Waals surface area contributed by atoms with E-state index in [2.05, 4.69) is 4.99 Å². The highest BCUT2D eigenvalue weighted by Gasteiger charge is 2.33. The minimum atomic E-state index is -0.624. The summed E-state index contributed by atoms with van der Waals surface area (Å²) in [6.07, 6.45) is 1.77. The molecule has 0 atom stereocenters. The van der Waals surface area contributed by atoms with E-state index >= 15 is 0 Å². The molecular weight excluding hydrogens is 426 g/mol. The average molecular weight is 444 g/mol. The zero-order chi connectivity index (χ0) is 21.1. The largest absolute Gasteiger partial charge is 0.506 e. The van der Waals surface area contributed by atoms with Crippen molar-refractivity contribution in [1.82, 2.24) is 0 Å². The van der Waals surface area contributed by atoms with Crippen LogP contribution in [-0.2, 0) is 9.53 Å². The SMILES string of the molecule is CCOC(=O)C1=C(O)/C(=C\c2ccc3c(c2)OCCO3)SC1=Nc1ccc(Cl)cc1. The van der Waals surface area contributed by atoms with E-state index in [4.69, 9.17) is 25.8 Å². The van der Waals surface area contributed by atoms with E-state index in [1.807, 2.05) is 18.2 Å². The van der Waals surface area contributed by atoms with E-state index in [1.165, 1.54) is 11.8 Å². The fourth-order valence-electron chi connectivity index (χ4n) is 2.93. The number of aliphatic imine (C=N–C) groups is 1. The number of rotatable bonds is 4. The standard InChI is InChI=1S/C22H18ClNO5S/c1-2-27-22(26)19-20(25)18(30-21(19)24-15-6-4-14(23)5-7-15)12-13-3-8-16-17(11-13)29-10-9-28-16/h3-8,11-12,25H,2,9-10H2,1H3/b18-12+,24-21?. The van der Waals surface area contributed by atoms with Crippen LogP contribution in [0, 0.1) is 0 Å². The van der Waals surface area contributed by atoms with E-state index in [9.17, 15) is 9.90 Å². The van der Waals surface area contributed by atoms with Crippen LogP contribution in [0.25, 0.3) is 6.08 Å². The molecule has 0 aromatic heterocycles. The fourth-order valence-corrected chi connectivity index (χ4v) is 4.09. The third kappa shape index (κ3) is 4.32. The molecule has 2 aliphatic rings. The maximum Gasteiger partial charge on any atom is 0.344 e. The molecule has 0 unspecified atom stereocenters. The molecule has 154 valence electrons. The van der Waals surface area contributed by atoms with Gasteiger partial charge in [0.25, 0.3) is 0 Å². The van der Waals surface area contributed by atoms with Crippen LogP contribution in [0.1, 0.15) is 12.5 Å². The van der Waals surface area contributed by atoms with Crippen LogP contribution < -0.4 is 9.47 Å². The number of carbonyl (C=O) groups is 1. The average Bonchev–Trinajstić information content (AvgIpc) is 3.04. The molecule has 0 aliphatic carbocycles. The minimum Gasteiger partial charge on any atom is -0.506 e. The summed E-state index contributed by atoms with van der Waals surface area (Å²) in [7, 11) is 0. The highest BCUT2D eigenvalue weighted by Crippen LogP contribution is 2.41. The minimum absolute atomic E-state index is 0.0422. The van der Waals surface area contributed by atoms with Gasteiger partial charge in [-0.25, -0.2) is 9.79 Å². The number of aliphatic hydroxyl groups is 1. The van der Waals surface area contributed by atoms with Crippen molar-refractivity contribution in [3.63, 3.8) is 0 Å². The Balaban J connectivity index is 1.71. The van der Waals surface area contributed by atoms with Gasteiger partial charge in [-0.15, -0.1) is 0 Å². The first-order chi connectivity index (χ1) is 14.5. The molecule has 0 saturated heterocycles. The van der Waals surface area contributed by atoms with Crippen molar-refractivity contribution in [2.75, 3.05) is 19.8 Å². The van der Waals surface area contributed by atoms with Gasteiger partial charge in [-0.2, -0.15) is 0 Å². The molecule has 0 radical (unpaired) electrons. The van der Waals surface area contributed by atoms with E-state index in [0.29, 0.717) is 45.4 Å². The van der Waals surface area contributed by atoms with Gasteiger partial charge in [-0.3, -0.25) is 0 Å². The van der Waals surface area contributed by atoms with Gasteiger partial charge in [0, 0.05) is 5.02 Å². The lowest BCUT2D eigenvalue weighted by Crippen LogP contribution is -2.15. The van der Waals surface area contributed by atoms with Crippen LogP contribution in [0.15, 0.2) is 63.7 Å². The lowest BCUT2D eigenvalue weighted by atomic mass is 10.1. The Bertz CT molecular complexity index is 1080. The molecule has 0 fully saturated rings. The molecule has 0 spiro atoms. The summed E-state index contributed by atoms with van der Waals surface area (Å²) in [5.74, 6) is 0.531. The van der Waals surface area contributed by atoms with Crippen LogP contribution in [0.2, 0.25) is 5.02 Å². The number of fused-ring (bicyclic) bond motifs is 1. The third-order valence-electron chi connectivity index (χ3n) is 4.29. The molecule has 0 saturated carbocycles. The zero-order valence-corrected chi connectivity index (χ0v) is 17.6. The van der Waals surface area contributed by atoms with E-state index < -0.39 is 5.97 Å². The number of aliphatic hydroxyl groups excluding tert-OH is 1. The number of thioether (sulfide) groups is 1. The lowest BCUT2D eigenvalue weighted by Gasteiger charge is -2.18. The van der Waals surface area contributed by atoms with Crippen molar-refractivity contribution < 1.29 is 24.1 Å². The topological polar surface area (TPSA) is 77.4 Å². The number of benzene rings is 2. The highest BCUT2D eigenvalue weighted by atomic mass is 35.5. The monoisotopic (exact) mass is 443 g/mol. The number of carbonyl (C=O) groups excluding carboxylic acids is 1. The summed E-state index contributed by atoms with van der Waals surface area (Å²) in [6, 6.07) is 12.4. The molecule has 8 heteroatoms. The normalized spacial score (nSPS) is 18.2. The molecule has 6 nitrogen and oxygen atoms in total. The Labute approximate surface area is 182 Å². The summed E-state index contributed by atoms with van der Waals surface area (Å²) in [5.41, 5.74) is 1.45. The first-order valence-electron chi connectivity index (χ1n) is 9.29. The summed E-state index contributed by atoms with van der Waals surface area (Å²) in [6.45, 7) is 2.90. The lowest BCUT2D eigenvalue weighted by molar-refractivity contribution is -0.138. The zero-order valence-electron chi connectivity index (χ0n) is 16.1. The van der Waals surface area contributed by atoms with Crippen LogP contribution >= 0.6 is 23.4 Å². The number of hydrogen-bond donors (Lipinski definition) is 1. The molecular formula is C22H18ClNO5S. The van der Waals surface area contributed by atoms with Crippen molar-refractivity contribution >= 4 is 46.1 Å². The predicted octanol–water partition coefficient (Wildman–Crippen LogP) is 5.30. The number of nitrogens with zero attached hydrogens (tertiary/aromatic N) is 1. The Morgan fingerprint density at radius 1 is 1.20 bits per heavy atom. The van der Waals surface area contributed by atoms with E-state index in [-0.39, 0.29) is 17.9 Å². The Morgan fingerprint density at radius 2 is 1.93 bits per heavy atom.